The number of piperidine rings is 1. The van der Waals surface area contributed by atoms with Crippen LogP contribution in [0.25, 0.3) is 0 Å². The van der Waals surface area contributed by atoms with Crippen molar-refractivity contribution in [3.05, 3.63) is 23.4 Å². The number of ether oxygens (including phenoxy) is 2. The molecule has 1 saturated carbocycles. The van der Waals surface area contributed by atoms with Crippen LogP contribution in [-0.2, 0) is 17.7 Å². The highest BCUT2D eigenvalue weighted by Crippen LogP contribution is 2.29. The highest BCUT2D eigenvalue weighted by Gasteiger charge is 2.29. The van der Waals surface area contributed by atoms with Gasteiger partial charge < -0.3 is 19.3 Å². The maximum absolute atomic E-state index is 11.7. The summed E-state index contributed by atoms with van der Waals surface area (Å²) in [5.41, 5.74) is 2.13. The number of carbonyl (C=O) groups excluding carboxylic acids is 1. The molecule has 136 valence electrons. The normalized spacial score (nSPS) is 22.2. The molecule has 1 aromatic rings. The first-order chi connectivity index (χ1) is 12.2. The quantitative estimate of drug-likeness (QED) is 0.843. The summed E-state index contributed by atoms with van der Waals surface area (Å²) < 4.78 is 11.0. The third kappa shape index (κ3) is 3.59. The summed E-state index contributed by atoms with van der Waals surface area (Å²) in [7, 11) is 1.42. The Morgan fingerprint density at radius 3 is 2.64 bits per heavy atom. The molecule has 25 heavy (non-hydrogen) atoms. The molecule has 0 bridgehead atoms. The fraction of sp³-hybridized carbons (Fsp3) is 0.684. The Hall–Kier alpha value is -1.82. The van der Waals surface area contributed by atoms with Gasteiger partial charge in [0.2, 0.25) is 5.88 Å². The smallest absolute Gasteiger partial charge is 0.409 e. The molecular weight excluding hydrogens is 318 g/mol. The van der Waals surface area contributed by atoms with Crippen LogP contribution in [0.1, 0.15) is 43.4 Å². The predicted octanol–water partition coefficient (Wildman–Crippen LogP) is 2.60. The lowest BCUT2D eigenvalue weighted by Gasteiger charge is -2.41. The number of fused-ring (bicyclic) bond motifs is 1. The maximum Gasteiger partial charge on any atom is 0.409 e. The number of hydrogen-bond donors (Lipinski definition) is 0. The van der Waals surface area contributed by atoms with Gasteiger partial charge in [-0.05, 0) is 31.2 Å². The van der Waals surface area contributed by atoms with Crippen molar-refractivity contribution >= 4 is 6.09 Å². The Kier molecular flexibility index (Phi) is 4.79. The van der Waals surface area contributed by atoms with Crippen LogP contribution in [0.2, 0.25) is 0 Å². The molecule has 2 aliphatic heterocycles. The SMILES string of the molecule is COC(=O)N1CCc2nc(OC3CCN(C4CCC4)CC3)ccc2C1. The van der Waals surface area contributed by atoms with Crippen molar-refractivity contribution in [3.8, 4) is 5.88 Å². The Balaban J connectivity index is 1.33. The highest BCUT2D eigenvalue weighted by atomic mass is 16.5. The zero-order valence-corrected chi connectivity index (χ0v) is 14.9. The van der Waals surface area contributed by atoms with E-state index < -0.39 is 0 Å². The molecule has 1 saturated heterocycles. The minimum absolute atomic E-state index is 0.274. The van der Waals surface area contributed by atoms with Crippen LogP contribution in [0.3, 0.4) is 0 Å². The number of nitrogens with zero attached hydrogens (tertiary/aromatic N) is 3. The van der Waals surface area contributed by atoms with Crippen LogP contribution >= 0.6 is 0 Å². The van der Waals surface area contributed by atoms with E-state index in [-0.39, 0.29) is 12.2 Å². The fourth-order valence-corrected chi connectivity index (χ4v) is 4.03. The van der Waals surface area contributed by atoms with Crippen molar-refractivity contribution in [1.29, 1.82) is 0 Å². The number of methoxy groups -OCH3 is 1. The first-order valence-corrected chi connectivity index (χ1v) is 9.45. The number of rotatable bonds is 3. The number of amides is 1. The molecule has 1 aliphatic carbocycles. The first-order valence-electron chi connectivity index (χ1n) is 9.45. The van der Waals surface area contributed by atoms with E-state index in [4.69, 9.17) is 14.5 Å². The minimum atomic E-state index is -0.274. The van der Waals surface area contributed by atoms with Crippen molar-refractivity contribution in [1.82, 2.24) is 14.8 Å². The lowest BCUT2D eigenvalue weighted by atomic mass is 9.90. The van der Waals surface area contributed by atoms with Gasteiger partial charge >= 0.3 is 6.09 Å². The van der Waals surface area contributed by atoms with Crippen LogP contribution in [0.5, 0.6) is 5.88 Å². The molecule has 0 aromatic carbocycles. The second-order valence-corrected chi connectivity index (χ2v) is 7.33. The van der Waals surface area contributed by atoms with E-state index in [1.807, 2.05) is 12.1 Å². The molecule has 6 heteroatoms. The molecule has 3 heterocycles. The summed E-state index contributed by atoms with van der Waals surface area (Å²) >= 11 is 0. The third-order valence-electron chi connectivity index (χ3n) is 5.81. The molecule has 1 amide bonds. The Morgan fingerprint density at radius 2 is 1.96 bits per heavy atom. The minimum Gasteiger partial charge on any atom is -0.474 e. The average molecular weight is 345 g/mol. The van der Waals surface area contributed by atoms with E-state index >= 15 is 0 Å². The standard InChI is InChI=1S/C19H27N3O3/c1-24-19(23)22-12-9-17-14(13-22)5-6-18(20-17)25-16-7-10-21(11-8-16)15-3-2-4-15/h5-6,15-16H,2-4,7-13H2,1H3. The molecule has 2 fully saturated rings. The van der Waals surface area contributed by atoms with E-state index in [0.717, 1.165) is 55.5 Å². The molecular formula is C19H27N3O3. The van der Waals surface area contributed by atoms with E-state index in [1.54, 1.807) is 4.90 Å². The molecule has 3 aliphatic rings. The van der Waals surface area contributed by atoms with Gasteiger partial charge in [0.05, 0.1) is 19.3 Å². The molecule has 0 N–H and O–H groups in total. The molecule has 1 aromatic heterocycles. The number of pyridine rings is 1. The predicted molar refractivity (Wildman–Crippen MR) is 93.6 cm³/mol. The van der Waals surface area contributed by atoms with Gasteiger partial charge in [0, 0.05) is 38.2 Å². The maximum atomic E-state index is 11.7. The Labute approximate surface area is 149 Å². The van der Waals surface area contributed by atoms with Crippen molar-refractivity contribution in [3.63, 3.8) is 0 Å². The van der Waals surface area contributed by atoms with Gasteiger partial charge in [-0.1, -0.05) is 12.5 Å². The van der Waals surface area contributed by atoms with Gasteiger partial charge in [-0.15, -0.1) is 0 Å². The molecule has 0 spiro atoms. The van der Waals surface area contributed by atoms with Crippen LogP contribution < -0.4 is 4.74 Å². The fourth-order valence-electron chi connectivity index (χ4n) is 4.03. The summed E-state index contributed by atoms with van der Waals surface area (Å²) in [6, 6.07) is 4.81. The van der Waals surface area contributed by atoms with E-state index in [0.29, 0.717) is 13.1 Å². The zero-order valence-electron chi connectivity index (χ0n) is 14.9. The first kappa shape index (κ1) is 16.6. The Bertz CT molecular complexity index is 624. The average Bonchev–Trinajstić information content (AvgIpc) is 2.61. The largest absolute Gasteiger partial charge is 0.474 e. The summed E-state index contributed by atoms with van der Waals surface area (Å²) in [6.07, 6.45) is 7.08. The highest BCUT2D eigenvalue weighted by molar-refractivity contribution is 5.67. The van der Waals surface area contributed by atoms with Crippen LogP contribution in [0, 0.1) is 0 Å². The van der Waals surface area contributed by atoms with E-state index in [9.17, 15) is 4.79 Å². The number of carbonyl (C=O) groups is 1. The third-order valence-corrected chi connectivity index (χ3v) is 5.81. The van der Waals surface area contributed by atoms with Crippen molar-refractivity contribution < 1.29 is 14.3 Å². The van der Waals surface area contributed by atoms with Crippen LogP contribution in [0.15, 0.2) is 12.1 Å². The van der Waals surface area contributed by atoms with Gasteiger partial charge in [0.15, 0.2) is 0 Å². The Morgan fingerprint density at radius 1 is 1.16 bits per heavy atom. The van der Waals surface area contributed by atoms with Gasteiger partial charge in [0.25, 0.3) is 0 Å². The summed E-state index contributed by atoms with van der Waals surface area (Å²) in [5.74, 6) is 0.729. The lowest BCUT2D eigenvalue weighted by Crippen LogP contribution is -2.46. The van der Waals surface area contributed by atoms with E-state index in [2.05, 4.69) is 4.90 Å². The molecule has 6 nitrogen and oxygen atoms in total. The van der Waals surface area contributed by atoms with Crippen LogP contribution in [0.4, 0.5) is 4.79 Å². The van der Waals surface area contributed by atoms with Gasteiger partial charge in [-0.3, -0.25) is 0 Å². The summed E-state index contributed by atoms with van der Waals surface area (Å²) in [4.78, 5) is 20.7. The molecule has 0 unspecified atom stereocenters. The molecule has 4 rings (SSSR count). The van der Waals surface area contributed by atoms with Gasteiger partial charge in [-0.2, -0.15) is 0 Å². The van der Waals surface area contributed by atoms with Crippen molar-refractivity contribution in [2.45, 2.75) is 57.2 Å². The van der Waals surface area contributed by atoms with Crippen LogP contribution in [-0.4, -0.2) is 59.8 Å². The molecule has 0 atom stereocenters. The monoisotopic (exact) mass is 345 g/mol. The van der Waals surface area contributed by atoms with Gasteiger partial charge in [-0.25, -0.2) is 9.78 Å². The van der Waals surface area contributed by atoms with Crippen molar-refractivity contribution in [2.24, 2.45) is 0 Å². The lowest BCUT2D eigenvalue weighted by molar-refractivity contribution is 0.0473. The number of hydrogen-bond acceptors (Lipinski definition) is 5. The number of likely N-dealkylation sites (tertiary alicyclic amines) is 1. The zero-order chi connectivity index (χ0) is 17.2. The summed E-state index contributed by atoms with van der Waals surface area (Å²) in [5, 5.41) is 0. The molecule has 0 radical (unpaired) electrons. The topological polar surface area (TPSA) is 54.9 Å². The van der Waals surface area contributed by atoms with Crippen molar-refractivity contribution in [2.75, 3.05) is 26.7 Å². The number of aromatic nitrogens is 1. The van der Waals surface area contributed by atoms with E-state index in [1.165, 1.54) is 26.4 Å². The second kappa shape index (κ2) is 7.20. The second-order valence-electron chi connectivity index (χ2n) is 7.33. The van der Waals surface area contributed by atoms with Gasteiger partial charge in [0.1, 0.15) is 6.10 Å². The summed E-state index contributed by atoms with van der Waals surface area (Å²) in [6.45, 7) is 3.51.